The number of hydrogen-bond acceptors (Lipinski definition) is 7. The van der Waals surface area contributed by atoms with Gasteiger partial charge in [-0.2, -0.15) is 0 Å². The van der Waals surface area contributed by atoms with Gasteiger partial charge in [0.05, 0.1) is 17.8 Å². The van der Waals surface area contributed by atoms with Gasteiger partial charge in [-0.3, -0.25) is 9.69 Å². The van der Waals surface area contributed by atoms with Gasteiger partial charge in [0.15, 0.2) is 12.6 Å². The van der Waals surface area contributed by atoms with Crippen LogP contribution in [0.25, 0.3) is 17.3 Å². The number of anilines is 1. The van der Waals surface area contributed by atoms with Gasteiger partial charge in [-0.05, 0) is 49.6 Å². The molecule has 2 aliphatic rings. The molecular weight excluding hydrogens is 488 g/mol. The van der Waals surface area contributed by atoms with E-state index in [1.165, 1.54) is 43.3 Å². The summed E-state index contributed by atoms with van der Waals surface area (Å²) in [6.07, 6.45) is 1.57. The minimum absolute atomic E-state index is 0.0965. The summed E-state index contributed by atoms with van der Waals surface area (Å²) in [6.45, 7) is -0.0965. The molecule has 0 saturated carbocycles. The highest BCUT2D eigenvalue weighted by atomic mass is 19.1. The molecule has 0 unspecified atom stereocenters. The third-order valence-electron chi connectivity index (χ3n) is 6.89. The molecule has 2 saturated heterocycles. The molecule has 2 amide bonds. The number of likely N-dealkylation sites (N-methyl/N-ethyl adjacent to an activating group) is 1. The SMILES string of the molecule is CNC(=O)/C=C/c1cc(OCOC)c(-c2ccc(N(C)[C@@H]3C[C@H]4CC[C@@H]([C@@H]3F)N4C(=O)O)nn2)cc1F. The lowest BCUT2D eigenvalue weighted by Gasteiger charge is -2.43. The molecule has 1 aromatic carbocycles. The van der Waals surface area contributed by atoms with Crippen LogP contribution in [0.15, 0.2) is 30.3 Å². The molecule has 2 bridgehead atoms. The summed E-state index contributed by atoms with van der Waals surface area (Å²) in [5.41, 5.74) is 0.783. The van der Waals surface area contributed by atoms with Gasteiger partial charge in [0.1, 0.15) is 17.7 Å². The quantitative estimate of drug-likeness (QED) is 0.405. The second-order valence-electron chi connectivity index (χ2n) is 8.99. The zero-order chi connectivity index (χ0) is 26.7. The molecule has 1 aromatic heterocycles. The second kappa shape index (κ2) is 11.1. The van der Waals surface area contributed by atoms with Gasteiger partial charge in [-0.25, -0.2) is 13.6 Å². The van der Waals surface area contributed by atoms with Crippen LogP contribution in [0.1, 0.15) is 24.8 Å². The number of ether oxygens (including phenoxy) is 2. The summed E-state index contributed by atoms with van der Waals surface area (Å²) in [4.78, 5) is 26.0. The highest BCUT2D eigenvalue weighted by Crippen LogP contribution is 2.40. The van der Waals surface area contributed by atoms with E-state index < -0.39 is 30.2 Å². The number of nitrogens with one attached hydrogen (secondary N) is 1. The third-order valence-corrected chi connectivity index (χ3v) is 6.89. The van der Waals surface area contributed by atoms with Crippen LogP contribution in [0.2, 0.25) is 0 Å². The number of aromatic nitrogens is 2. The number of methoxy groups -OCH3 is 1. The number of benzene rings is 1. The topological polar surface area (TPSA) is 117 Å². The van der Waals surface area contributed by atoms with Gasteiger partial charge < -0.3 is 24.8 Å². The molecule has 0 radical (unpaired) electrons. The van der Waals surface area contributed by atoms with Crippen LogP contribution in [0, 0.1) is 5.82 Å². The zero-order valence-corrected chi connectivity index (χ0v) is 20.7. The Morgan fingerprint density at radius 3 is 2.73 bits per heavy atom. The molecule has 2 aromatic rings. The number of fused-ring (bicyclic) bond motifs is 2. The van der Waals surface area contributed by atoms with Gasteiger partial charge >= 0.3 is 6.09 Å². The van der Waals surface area contributed by atoms with Crippen LogP contribution in [0.4, 0.5) is 19.4 Å². The number of carboxylic acid groups (broad SMARTS) is 1. The van der Waals surface area contributed by atoms with Crippen molar-refractivity contribution < 1.29 is 33.0 Å². The average molecular weight is 518 g/mol. The van der Waals surface area contributed by atoms with Crippen molar-refractivity contribution in [2.45, 2.75) is 43.6 Å². The highest BCUT2D eigenvalue weighted by molar-refractivity contribution is 5.91. The largest absolute Gasteiger partial charge is 0.467 e. The van der Waals surface area contributed by atoms with Crippen molar-refractivity contribution in [3.8, 4) is 17.0 Å². The normalized spacial score (nSPS) is 22.8. The first kappa shape index (κ1) is 26.3. The fourth-order valence-corrected chi connectivity index (χ4v) is 5.01. The predicted octanol–water partition coefficient (Wildman–Crippen LogP) is 3.08. The number of carbonyl (C=O) groups is 2. The Bertz CT molecular complexity index is 1180. The number of piperidine rings is 1. The minimum Gasteiger partial charge on any atom is -0.467 e. The van der Waals surface area contributed by atoms with Crippen LogP contribution in [0.3, 0.4) is 0 Å². The van der Waals surface area contributed by atoms with Crippen molar-refractivity contribution in [2.75, 3.05) is 32.9 Å². The number of carbonyl (C=O) groups excluding carboxylic acids is 1. The first-order chi connectivity index (χ1) is 17.7. The first-order valence-corrected chi connectivity index (χ1v) is 11.8. The lowest BCUT2D eigenvalue weighted by atomic mass is 9.94. The van der Waals surface area contributed by atoms with E-state index in [1.807, 2.05) is 0 Å². The summed E-state index contributed by atoms with van der Waals surface area (Å²) in [7, 11) is 4.62. The molecule has 10 nitrogen and oxygen atoms in total. The summed E-state index contributed by atoms with van der Waals surface area (Å²) in [5.74, 6) is -0.296. The lowest BCUT2D eigenvalue weighted by Crippen LogP contribution is -2.58. The fourth-order valence-electron chi connectivity index (χ4n) is 5.01. The highest BCUT2D eigenvalue weighted by Gasteiger charge is 2.51. The molecule has 2 fully saturated rings. The molecule has 2 N–H and O–H groups in total. The van der Waals surface area contributed by atoms with Crippen LogP contribution in [0.5, 0.6) is 5.75 Å². The van der Waals surface area contributed by atoms with E-state index in [2.05, 4.69) is 15.5 Å². The Hall–Kier alpha value is -3.80. The third kappa shape index (κ3) is 5.33. The van der Waals surface area contributed by atoms with Crippen molar-refractivity contribution in [3.05, 3.63) is 41.7 Å². The van der Waals surface area contributed by atoms with Crippen molar-refractivity contribution >= 4 is 23.9 Å². The summed E-state index contributed by atoms with van der Waals surface area (Å²) in [6, 6.07) is 4.50. The van der Waals surface area contributed by atoms with E-state index in [-0.39, 0.29) is 30.1 Å². The van der Waals surface area contributed by atoms with Gasteiger partial charge in [0, 0.05) is 44.4 Å². The van der Waals surface area contributed by atoms with Crippen molar-refractivity contribution in [1.29, 1.82) is 0 Å². The standard InChI is InChI=1S/C25H29F2N5O5/c1-28-23(33)9-4-14-10-21(37-13-36-3)16(12-17(14)26)18-6-8-22(30-29-18)31(2)20-11-15-5-7-19(24(20)27)32(15)25(34)35/h4,6,8-10,12,15,19-20,24H,5,7,11,13H2,1-3H3,(H,28,33)(H,34,35)/b9-4+/t15-,19+,20-,24+/m1/s1. The van der Waals surface area contributed by atoms with E-state index in [0.717, 1.165) is 0 Å². The van der Waals surface area contributed by atoms with Gasteiger partial charge in [-0.15, -0.1) is 10.2 Å². The number of hydrogen-bond donors (Lipinski definition) is 2. The molecule has 198 valence electrons. The number of rotatable bonds is 8. The van der Waals surface area contributed by atoms with Crippen LogP contribution in [-0.4, -0.2) is 84.5 Å². The lowest BCUT2D eigenvalue weighted by molar-refractivity contribution is -0.115. The maximum Gasteiger partial charge on any atom is 0.407 e. The number of nitrogens with zero attached hydrogens (tertiary/aromatic N) is 4. The molecule has 12 heteroatoms. The number of halogens is 2. The van der Waals surface area contributed by atoms with E-state index in [9.17, 15) is 19.1 Å². The minimum atomic E-state index is -1.36. The Kier molecular flexibility index (Phi) is 7.86. The molecular formula is C25H29F2N5O5. The summed E-state index contributed by atoms with van der Waals surface area (Å²) in [5, 5.41) is 20.3. The Labute approximate surface area is 212 Å². The van der Waals surface area contributed by atoms with Crippen molar-refractivity contribution in [1.82, 2.24) is 20.4 Å². The molecule has 4 atom stereocenters. The van der Waals surface area contributed by atoms with Gasteiger partial charge in [-0.1, -0.05) is 0 Å². The van der Waals surface area contributed by atoms with Crippen LogP contribution < -0.4 is 15.0 Å². The zero-order valence-electron chi connectivity index (χ0n) is 20.7. The van der Waals surface area contributed by atoms with Crippen LogP contribution >= 0.6 is 0 Å². The summed E-state index contributed by atoms with van der Waals surface area (Å²) >= 11 is 0. The van der Waals surface area contributed by atoms with E-state index in [0.29, 0.717) is 36.3 Å². The maximum atomic E-state index is 15.3. The Morgan fingerprint density at radius 1 is 1.30 bits per heavy atom. The van der Waals surface area contributed by atoms with Gasteiger partial charge in [0.2, 0.25) is 5.91 Å². The van der Waals surface area contributed by atoms with E-state index >= 15 is 4.39 Å². The average Bonchev–Trinajstić information content (AvgIpc) is 3.25. The Morgan fingerprint density at radius 2 is 2.08 bits per heavy atom. The maximum absolute atomic E-state index is 15.3. The molecule has 37 heavy (non-hydrogen) atoms. The Balaban J connectivity index is 1.58. The smallest absolute Gasteiger partial charge is 0.407 e. The number of alkyl halides is 1. The fraction of sp³-hybridized carbons (Fsp3) is 0.440. The molecule has 0 aliphatic carbocycles. The molecule has 2 aliphatic heterocycles. The van der Waals surface area contributed by atoms with Gasteiger partial charge in [0.25, 0.3) is 0 Å². The summed E-state index contributed by atoms with van der Waals surface area (Å²) < 4.78 is 40.8. The van der Waals surface area contributed by atoms with E-state index in [4.69, 9.17) is 9.47 Å². The molecule has 4 rings (SSSR count). The van der Waals surface area contributed by atoms with Crippen molar-refractivity contribution in [3.63, 3.8) is 0 Å². The monoisotopic (exact) mass is 517 g/mol. The predicted molar refractivity (Wildman–Crippen MR) is 131 cm³/mol. The van der Waals surface area contributed by atoms with Crippen molar-refractivity contribution in [2.24, 2.45) is 0 Å². The second-order valence-corrected chi connectivity index (χ2v) is 8.99. The van der Waals surface area contributed by atoms with E-state index in [1.54, 1.807) is 24.1 Å². The first-order valence-electron chi connectivity index (χ1n) is 11.8. The number of amides is 2. The molecule has 3 heterocycles. The molecule has 0 spiro atoms. The van der Waals surface area contributed by atoms with Crippen LogP contribution in [-0.2, 0) is 9.53 Å².